The first-order valence-corrected chi connectivity index (χ1v) is 7.93. The second kappa shape index (κ2) is 5.79. The van der Waals surface area contributed by atoms with Crippen molar-refractivity contribution in [2.75, 3.05) is 17.6 Å². The molecule has 1 aliphatic carbocycles. The van der Waals surface area contributed by atoms with Crippen molar-refractivity contribution in [3.8, 4) is 0 Å². The van der Waals surface area contributed by atoms with Crippen molar-refractivity contribution < 1.29 is 14.7 Å². The Bertz CT molecular complexity index is 831. The van der Waals surface area contributed by atoms with Crippen molar-refractivity contribution in [1.29, 1.82) is 0 Å². The smallest absolute Gasteiger partial charge is 0.196 e. The molecule has 6 heteroatoms. The minimum absolute atomic E-state index is 0.205. The number of aliphatic hydroxyl groups excluding tert-OH is 1. The lowest BCUT2D eigenvalue weighted by Crippen LogP contribution is -2.25. The van der Waals surface area contributed by atoms with E-state index < -0.39 is 6.10 Å². The molecule has 2 aromatic carbocycles. The number of carbonyl (C=O) groups excluding carboxylic acids is 2. The molecule has 0 saturated carbocycles. The second-order valence-electron chi connectivity index (χ2n) is 5.50. The molecule has 0 bridgehead atoms. The molecule has 1 aliphatic rings. The van der Waals surface area contributed by atoms with E-state index in [2.05, 4.69) is 21.2 Å². The van der Waals surface area contributed by atoms with Gasteiger partial charge >= 0.3 is 0 Å². The number of nitrogen functional groups attached to an aromatic ring is 1. The van der Waals surface area contributed by atoms with Crippen molar-refractivity contribution in [1.82, 2.24) is 0 Å². The molecule has 0 amide bonds. The number of anilines is 2. The van der Waals surface area contributed by atoms with Gasteiger partial charge in [-0.15, -0.1) is 0 Å². The number of rotatable bonds is 3. The third kappa shape index (κ3) is 2.54. The molecule has 23 heavy (non-hydrogen) atoms. The topological polar surface area (TPSA) is 92.4 Å². The first kappa shape index (κ1) is 15.7. The predicted octanol–water partition coefficient (Wildman–Crippen LogP) is 2.60. The first-order chi connectivity index (χ1) is 10.9. The molecule has 0 radical (unpaired) electrons. The van der Waals surface area contributed by atoms with E-state index in [-0.39, 0.29) is 34.9 Å². The van der Waals surface area contributed by atoms with Crippen LogP contribution in [0.4, 0.5) is 11.4 Å². The highest BCUT2D eigenvalue weighted by molar-refractivity contribution is 9.10. The summed E-state index contributed by atoms with van der Waals surface area (Å²) >= 11 is 3.33. The van der Waals surface area contributed by atoms with E-state index in [4.69, 9.17) is 5.73 Å². The molecule has 1 atom stereocenters. The number of ketones is 2. The molecule has 0 heterocycles. The lowest BCUT2D eigenvalue weighted by molar-refractivity contribution is 0.0980. The summed E-state index contributed by atoms with van der Waals surface area (Å²) in [4.78, 5) is 25.6. The number of nitrogens with two attached hydrogens (primary N) is 1. The van der Waals surface area contributed by atoms with E-state index in [1.807, 2.05) is 0 Å². The standard InChI is InChI=1S/C17H15BrN2O3/c1-8(21)7-20-12-6-11(18)15(19)14-13(12)16(22)9-4-2-3-5-10(9)17(14)23/h2-6,8,20-21H,7,19H2,1H3. The zero-order valence-corrected chi connectivity index (χ0v) is 14.0. The van der Waals surface area contributed by atoms with Crippen LogP contribution < -0.4 is 11.1 Å². The van der Waals surface area contributed by atoms with Gasteiger partial charge in [-0.3, -0.25) is 9.59 Å². The van der Waals surface area contributed by atoms with Crippen LogP contribution in [0, 0.1) is 0 Å². The van der Waals surface area contributed by atoms with Crippen LogP contribution in [0.25, 0.3) is 0 Å². The molecule has 0 aromatic heterocycles. The van der Waals surface area contributed by atoms with Gasteiger partial charge < -0.3 is 16.2 Å². The highest BCUT2D eigenvalue weighted by atomic mass is 79.9. The zero-order valence-electron chi connectivity index (χ0n) is 12.4. The summed E-state index contributed by atoms with van der Waals surface area (Å²) in [5.41, 5.74) is 7.96. The molecular formula is C17H15BrN2O3. The summed E-state index contributed by atoms with van der Waals surface area (Å²) in [6.45, 7) is 1.89. The van der Waals surface area contributed by atoms with Crippen LogP contribution in [0.1, 0.15) is 38.8 Å². The van der Waals surface area contributed by atoms with Gasteiger partial charge in [-0.05, 0) is 28.9 Å². The largest absolute Gasteiger partial charge is 0.397 e. The third-order valence-electron chi connectivity index (χ3n) is 3.78. The van der Waals surface area contributed by atoms with Crippen LogP contribution in [-0.2, 0) is 0 Å². The minimum Gasteiger partial charge on any atom is -0.397 e. The Morgan fingerprint density at radius 2 is 1.74 bits per heavy atom. The lowest BCUT2D eigenvalue weighted by atomic mass is 9.82. The van der Waals surface area contributed by atoms with Gasteiger partial charge in [0.25, 0.3) is 0 Å². The number of hydrogen-bond acceptors (Lipinski definition) is 5. The molecule has 0 fully saturated rings. The second-order valence-corrected chi connectivity index (χ2v) is 6.36. The van der Waals surface area contributed by atoms with Gasteiger partial charge in [-0.25, -0.2) is 0 Å². The Kier molecular flexibility index (Phi) is 3.95. The highest BCUT2D eigenvalue weighted by Crippen LogP contribution is 2.39. The minimum atomic E-state index is -0.594. The number of fused-ring (bicyclic) bond motifs is 2. The van der Waals surface area contributed by atoms with Crippen molar-refractivity contribution in [2.24, 2.45) is 0 Å². The lowest BCUT2D eigenvalue weighted by Gasteiger charge is -2.23. The molecule has 4 N–H and O–H groups in total. The monoisotopic (exact) mass is 374 g/mol. The van der Waals surface area contributed by atoms with Gasteiger partial charge in [0, 0.05) is 27.8 Å². The molecule has 1 unspecified atom stereocenters. The number of hydrogen-bond donors (Lipinski definition) is 3. The SMILES string of the molecule is CC(O)CNc1cc(Br)c(N)c2c1C(=O)c1ccccc1C2=O. The van der Waals surface area contributed by atoms with E-state index in [0.29, 0.717) is 21.3 Å². The quantitative estimate of drug-likeness (QED) is 0.612. The molecule has 0 spiro atoms. The number of aliphatic hydroxyl groups is 1. The summed E-state index contributed by atoms with van der Waals surface area (Å²) < 4.78 is 0.532. The van der Waals surface area contributed by atoms with Crippen molar-refractivity contribution >= 4 is 38.9 Å². The Balaban J connectivity index is 2.24. The van der Waals surface area contributed by atoms with E-state index in [0.717, 1.165) is 0 Å². The van der Waals surface area contributed by atoms with Gasteiger partial charge in [-0.2, -0.15) is 0 Å². The number of carbonyl (C=O) groups is 2. The van der Waals surface area contributed by atoms with Gasteiger partial charge in [-0.1, -0.05) is 24.3 Å². The van der Waals surface area contributed by atoms with Crippen LogP contribution in [-0.4, -0.2) is 29.3 Å². The molecule has 0 aliphatic heterocycles. The zero-order chi connectivity index (χ0) is 16.7. The molecule has 2 aromatic rings. The molecule has 5 nitrogen and oxygen atoms in total. The maximum absolute atomic E-state index is 12.9. The van der Waals surface area contributed by atoms with E-state index in [9.17, 15) is 14.7 Å². The number of benzene rings is 2. The summed E-state index contributed by atoms with van der Waals surface area (Å²) in [7, 11) is 0. The fourth-order valence-corrected chi connectivity index (χ4v) is 3.11. The maximum atomic E-state index is 12.9. The van der Waals surface area contributed by atoms with Crippen LogP contribution >= 0.6 is 15.9 Å². The highest BCUT2D eigenvalue weighted by Gasteiger charge is 2.34. The maximum Gasteiger partial charge on any atom is 0.196 e. The number of halogens is 1. The molecule has 118 valence electrons. The summed E-state index contributed by atoms with van der Waals surface area (Å²) in [5.74, 6) is -0.517. The van der Waals surface area contributed by atoms with E-state index in [1.54, 1.807) is 37.3 Å². The van der Waals surface area contributed by atoms with Crippen LogP contribution in [0.3, 0.4) is 0 Å². The average Bonchev–Trinajstić information content (AvgIpc) is 2.53. The predicted molar refractivity (Wildman–Crippen MR) is 92.0 cm³/mol. The average molecular weight is 375 g/mol. The van der Waals surface area contributed by atoms with Gasteiger partial charge in [0.05, 0.1) is 22.9 Å². The summed E-state index contributed by atoms with van der Waals surface area (Å²) in [5, 5.41) is 12.5. The first-order valence-electron chi connectivity index (χ1n) is 7.14. The van der Waals surface area contributed by atoms with Crippen LogP contribution in [0.2, 0.25) is 0 Å². The van der Waals surface area contributed by atoms with Crippen molar-refractivity contribution in [3.63, 3.8) is 0 Å². The molecular weight excluding hydrogens is 360 g/mol. The van der Waals surface area contributed by atoms with Crippen LogP contribution in [0.15, 0.2) is 34.8 Å². The Hall–Kier alpha value is -2.18. The van der Waals surface area contributed by atoms with Gasteiger partial charge in [0.1, 0.15) is 0 Å². The van der Waals surface area contributed by atoms with Crippen molar-refractivity contribution in [3.05, 3.63) is 57.1 Å². The fourth-order valence-electron chi connectivity index (χ4n) is 2.68. The Morgan fingerprint density at radius 3 is 2.30 bits per heavy atom. The normalized spacial score (nSPS) is 14.2. The summed E-state index contributed by atoms with van der Waals surface area (Å²) in [6.07, 6.45) is -0.594. The molecule has 3 rings (SSSR count). The van der Waals surface area contributed by atoms with Crippen molar-refractivity contribution in [2.45, 2.75) is 13.0 Å². The van der Waals surface area contributed by atoms with Gasteiger partial charge in [0.15, 0.2) is 11.6 Å². The molecule has 0 saturated heterocycles. The van der Waals surface area contributed by atoms with E-state index >= 15 is 0 Å². The summed E-state index contributed by atoms with van der Waals surface area (Å²) in [6, 6.07) is 8.36. The van der Waals surface area contributed by atoms with Crippen LogP contribution in [0.5, 0.6) is 0 Å². The fraction of sp³-hybridized carbons (Fsp3) is 0.176. The van der Waals surface area contributed by atoms with E-state index in [1.165, 1.54) is 0 Å². The number of nitrogens with one attached hydrogen (secondary N) is 1. The Morgan fingerprint density at radius 1 is 1.17 bits per heavy atom. The third-order valence-corrected chi connectivity index (χ3v) is 4.43. The Labute approximate surface area is 141 Å². The van der Waals surface area contributed by atoms with Gasteiger partial charge in [0.2, 0.25) is 0 Å².